The molecule has 3 N–H and O–H groups in total. The largest absolute Gasteiger partial charge is 0.416 e. The van der Waals surface area contributed by atoms with E-state index in [0.717, 1.165) is 12.1 Å². The lowest BCUT2D eigenvalue weighted by Crippen LogP contribution is -2.24. The van der Waals surface area contributed by atoms with E-state index in [1.165, 1.54) is 6.07 Å². The molecule has 0 aromatic heterocycles. The zero-order valence-corrected chi connectivity index (χ0v) is 11.7. The van der Waals surface area contributed by atoms with E-state index in [-0.39, 0.29) is 5.84 Å². The van der Waals surface area contributed by atoms with E-state index in [1.807, 2.05) is 0 Å². The molecule has 0 spiro atoms. The van der Waals surface area contributed by atoms with Gasteiger partial charge < -0.3 is 15.8 Å². The van der Waals surface area contributed by atoms with Crippen molar-refractivity contribution in [2.24, 2.45) is 10.9 Å². The minimum absolute atomic E-state index is 0.0647. The molecule has 19 heavy (non-hydrogen) atoms. The Hall–Kier alpha value is -1.44. The Morgan fingerprint density at radius 2 is 2.11 bits per heavy atom. The molecular weight excluding hydrogens is 327 g/mol. The van der Waals surface area contributed by atoms with E-state index in [2.05, 4.69) is 21.1 Å². The molecule has 0 heterocycles. The normalized spacial score (nSPS) is 12.6. The molecule has 0 radical (unpaired) electrons. The molecule has 0 atom stereocenters. The molecule has 8 heteroatoms. The maximum atomic E-state index is 12.5. The van der Waals surface area contributed by atoms with Gasteiger partial charge in [0.1, 0.15) is 5.84 Å². The first kappa shape index (κ1) is 15.6. The van der Waals surface area contributed by atoms with Gasteiger partial charge in [0.05, 0.1) is 11.3 Å². The van der Waals surface area contributed by atoms with Crippen LogP contribution in [0.2, 0.25) is 0 Å². The lowest BCUT2D eigenvalue weighted by atomic mass is 10.2. The number of nitrogens with zero attached hydrogens (tertiary/aromatic N) is 2. The van der Waals surface area contributed by atoms with Gasteiger partial charge in [0.2, 0.25) is 0 Å². The summed E-state index contributed by atoms with van der Waals surface area (Å²) in [7, 11) is 1.71. The van der Waals surface area contributed by atoms with E-state index in [0.29, 0.717) is 23.1 Å². The summed E-state index contributed by atoms with van der Waals surface area (Å²) in [4.78, 5) is 1.71. The quantitative estimate of drug-likeness (QED) is 0.383. The first-order chi connectivity index (χ1) is 8.75. The van der Waals surface area contributed by atoms with Gasteiger partial charge in [-0.25, -0.2) is 0 Å². The third-order valence-electron chi connectivity index (χ3n) is 2.52. The molecule has 1 rings (SSSR count). The predicted octanol–water partition coefficient (Wildman–Crippen LogP) is 3.04. The van der Waals surface area contributed by atoms with Crippen molar-refractivity contribution in [3.8, 4) is 0 Å². The lowest BCUT2D eigenvalue weighted by molar-refractivity contribution is -0.137. The molecule has 1 aromatic rings. The number of hydrogen-bond acceptors (Lipinski definition) is 3. The second-order valence-corrected chi connectivity index (χ2v) is 4.78. The summed E-state index contributed by atoms with van der Waals surface area (Å²) in [6, 6.07) is 3.41. The van der Waals surface area contributed by atoms with Gasteiger partial charge in [0.25, 0.3) is 0 Å². The van der Waals surface area contributed by atoms with E-state index in [4.69, 9.17) is 10.9 Å². The van der Waals surface area contributed by atoms with Gasteiger partial charge in [0.15, 0.2) is 0 Å². The Kier molecular flexibility index (Phi) is 5.04. The summed E-state index contributed by atoms with van der Waals surface area (Å²) >= 11 is 3.11. The van der Waals surface area contributed by atoms with Crippen LogP contribution in [0.4, 0.5) is 18.9 Å². The predicted molar refractivity (Wildman–Crippen MR) is 70.4 cm³/mol. The summed E-state index contributed by atoms with van der Waals surface area (Å²) in [6.07, 6.45) is -4.06. The van der Waals surface area contributed by atoms with E-state index >= 15 is 0 Å². The summed E-state index contributed by atoms with van der Waals surface area (Å²) < 4.78 is 37.9. The zero-order valence-electron chi connectivity index (χ0n) is 10.1. The number of oxime groups is 1. The molecule has 4 nitrogen and oxygen atoms in total. The molecule has 0 saturated carbocycles. The summed E-state index contributed by atoms with van der Waals surface area (Å²) in [5, 5.41) is 11.2. The Bertz CT molecular complexity index is 477. The third kappa shape index (κ3) is 4.30. The second kappa shape index (κ2) is 6.14. The molecule has 106 valence electrons. The van der Waals surface area contributed by atoms with Crippen molar-refractivity contribution < 1.29 is 18.4 Å². The van der Waals surface area contributed by atoms with Gasteiger partial charge in [0, 0.05) is 24.5 Å². The van der Waals surface area contributed by atoms with Crippen molar-refractivity contribution >= 4 is 27.5 Å². The second-order valence-electron chi connectivity index (χ2n) is 3.93. The molecular formula is C11H13BrF3N3O. The highest BCUT2D eigenvalue weighted by molar-refractivity contribution is 9.10. The first-order valence-corrected chi connectivity index (χ1v) is 6.09. The highest BCUT2D eigenvalue weighted by atomic mass is 79.9. The van der Waals surface area contributed by atoms with E-state index < -0.39 is 11.7 Å². The maximum Gasteiger partial charge on any atom is 0.416 e. The number of benzene rings is 1. The van der Waals surface area contributed by atoms with Gasteiger partial charge >= 0.3 is 6.18 Å². The van der Waals surface area contributed by atoms with Crippen LogP contribution in [0.3, 0.4) is 0 Å². The van der Waals surface area contributed by atoms with Gasteiger partial charge in [-0.15, -0.1) is 0 Å². The topological polar surface area (TPSA) is 61.8 Å². The standard InChI is InChI=1S/C11H13BrF3N3O/c1-18(5-4-10(16)17-19)9-3-2-7(6-8(9)12)11(13,14)15/h2-3,6,19H,4-5H2,1H3,(H2,16,17). The number of halogens is 4. The minimum Gasteiger partial charge on any atom is -0.409 e. The van der Waals surface area contributed by atoms with Gasteiger partial charge in [-0.05, 0) is 34.1 Å². The van der Waals surface area contributed by atoms with Crippen LogP contribution >= 0.6 is 15.9 Å². The fourth-order valence-corrected chi connectivity index (χ4v) is 2.13. The highest BCUT2D eigenvalue weighted by Gasteiger charge is 2.31. The first-order valence-electron chi connectivity index (χ1n) is 5.30. The van der Waals surface area contributed by atoms with Crippen LogP contribution in [0.5, 0.6) is 0 Å². The molecule has 0 aliphatic rings. The minimum atomic E-state index is -4.37. The van der Waals surface area contributed by atoms with Crippen LogP contribution in [0, 0.1) is 0 Å². The van der Waals surface area contributed by atoms with Crippen molar-refractivity contribution in [1.29, 1.82) is 0 Å². The number of rotatable bonds is 4. The molecule has 0 unspecified atom stereocenters. The Morgan fingerprint density at radius 3 is 2.58 bits per heavy atom. The Morgan fingerprint density at radius 1 is 1.47 bits per heavy atom. The Balaban J connectivity index is 2.85. The zero-order chi connectivity index (χ0) is 14.6. The number of nitrogens with two attached hydrogens (primary N) is 1. The fraction of sp³-hybridized carbons (Fsp3) is 0.364. The van der Waals surface area contributed by atoms with Crippen LogP contribution in [0.15, 0.2) is 27.8 Å². The fourth-order valence-electron chi connectivity index (χ4n) is 1.45. The van der Waals surface area contributed by atoms with E-state index in [1.54, 1.807) is 11.9 Å². The average molecular weight is 340 g/mol. The van der Waals surface area contributed by atoms with E-state index in [9.17, 15) is 13.2 Å². The summed E-state index contributed by atoms with van der Waals surface area (Å²) in [5.74, 6) is 0.0647. The molecule has 0 aliphatic carbocycles. The van der Waals surface area contributed by atoms with Crippen LogP contribution in [0.1, 0.15) is 12.0 Å². The SMILES string of the molecule is CN(CC/C(N)=N/O)c1ccc(C(F)(F)F)cc1Br. The maximum absolute atomic E-state index is 12.5. The molecule has 0 amide bonds. The molecule has 0 bridgehead atoms. The van der Waals surface area contributed by atoms with Crippen molar-refractivity contribution in [3.05, 3.63) is 28.2 Å². The summed E-state index contributed by atoms with van der Waals surface area (Å²) in [6.45, 7) is 0.417. The average Bonchev–Trinajstić information content (AvgIpc) is 2.34. The van der Waals surface area contributed by atoms with Crippen LogP contribution < -0.4 is 10.6 Å². The van der Waals surface area contributed by atoms with Crippen LogP contribution in [-0.2, 0) is 6.18 Å². The molecule has 0 saturated heterocycles. The van der Waals surface area contributed by atoms with Gasteiger partial charge in [-0.3, -0.25) is 0 Å². The van der Waals surface area contributed by atoms with Gasteiger partial charge in [-0.1, -0.05) is 5.16 Å². The number of anilines is 1. The number of alkyl halides is 3. The Labute approximate surface area is 116 Å². The van der Waals surface area contributed by atoms with Crippen molar-refractivity contribution in [2.75, 3.05) is 18.5 Å². The third-order valence-corrected chi connectivity index (χ3v) is 3.15. The highest BCUT2D eigenvalue weighted by Crippen LogP contribution is 2.34. The smallest absolute Gasteiger partial charge is 0.409 e. The van der Waals surface area contributed by atoms with Crippen LogP contribution in [-0.4, -0.2) is 24.6 Å². The lowest BCUT2D eigenvalue weighted by Gasteiger charge is -2.21. The monoisotopic (exact) mass is 339 g/mol. The molecule has 0 fully saturated rings. The van der Waals surface area contributed by atoms with Gasteiger partial charge in [-0.2, -0.15) is 13.2 Å². The van der Waals surface area contributed by atoms with Crippen LogP contribution in [0.25, 0.3) is 0 Å². The number of amidine groups is 1. The van der Waals surface area contributed by atoms with Crippen molar-refractivity contribution in [3.63, 3.8) is 0 Å². The van der Waals surface area contributed by atoms with Crippen molar-refractivity contribution in [2.45, 2.75) is 12.6 Å². The number of hydrogen-bond donors (Lipinski definition) is 2. The molecule has 1 aromatic carbocycles. The van der Waals surface area contributed by atoms with Crippen molar-refractivity contribution in [1.82, 2.24) is 0 Å². The molecule has 0 aliphatic heterocycles. The summed E-state index contributed by atoms with van der Waals surface area (Å²) in [5.41, 5.74) is 5.21.